The van der Waals surface area contributed by atoms with Gasteiger partial charge in [0.25, 0.3) is 0 Å². The third-order valence-electron chi connectivity index (χ3n) is 2.65. The van der Waals surface area contributed by atoms with E-state index in [0.29, 0.717) is 13.2 Å². The summed E-state index contributed by atoms with van der Waals surface area (Å²) in [4.78, 5) is 0. The van der Waals surface area contributed by atoms with Gasteiger partial charge in [-0.3, -0.25) is 0 Å². The van der Waals surface area contributed by atoms with Gasteiger partial charge < -0.3 is 29.2 Å². The quantitative estimate of drug-likeness (QED) is 0.528. The maximum atomic E-state index is 8.72. The monoisotopic (exact) mass is 310 g/mol. The van der Waals surface area contributed by atoms with E-state index in [1.54, 1.807) is 14.2 Å². The molecule has 0 amide bonds. The molecular formula is C15H34O6. The number of rotatable bonds is 12. The lowest BCUT2D eigenvalue weighted by atomic mass is 10.3. The van der Waals surface area contributed by atoms with Crippen molar-refractivity contribution in [2.75, 3.05) is 47.3 Å². The summed E-state index contributed by atoms with van der Waals surface area (Å²) in [5, 5.41) is 17.0. The van der Waals surface area contributed by atoms with Crippen molar-refractivity contribution in [2.45, 2.75) is 51.9 Å². The maximum Gasteiger partial charge on any atom is 0.0781 e. The summed E-state index contributed by atoms with van der Waals surface area (Å²) in [5.41, 5.74) is 0. The summed E-state index contributed by atoms with van der Waals surface area (Å²) in [6.45, 7) is 7.86. The highest BCUT2D eigenvalue weighted by molar-refractivity contribution is 4.53. The lowest BCUT2D eigenvalue weighted by Crippen LogP contribution is -2.25. The molecule has 0 aliphatic carbocycles. The van der Waals surface area contributed by atoms with E-state index in [2.05, 4.69) is 0 Å². The van der Waals surface area contributed by atoms with Gasteiger partial charge in [0.2, 0.25) is 0 Å². The molecule has 0 saturated heterocycles. The predicted octanol–water partition coefficient (Wildman–Crippen LogP) is 1.23. The smallest absolute Gasteiger partial charge is 0.0781 e. The molecule has 21 heavy (non-hydrogen) atoms. The molecule has 2 N–H and O–H groups in total. The van der Waals surface area contributed by atoms with E-state index in [0.717, 1.165) is 19.4 Å². The van der Waals surface area contributed by atoms with Crippen LogP contribution in [0.2, 0.25) is 0 Å². The van der Waals surface area contributed by atoms with Gasteiger partial charge in [0.15, 0.2) is 0 Å². The van der Waals surface area contributed by atoms with Crippen molar-refractivity contribution < 1.29 is 29.2 Å². The largest absolute Gasteiger partial charge is 0.396 e. The van der Waals surface area contributed by atoms with Crippen LogP contribution in [0, 0.1) is 0 Å². The SMILES string of the molecule is COC(C)COC(C)COC(C)CO.COCCCCO. The Bertz CT molecular complexity index is 173. The molecule has 6 nitrogen and oxygen atoms in total. The molecule has 0 fully saturated rings. The number of ether oxygens (including phenoxy) is 4. The molecular weight excluding hydrogens is 276 g/mol. The fourth-order valence-corrected chi connectivity index (χ4v) is 1.13. The van der Waals surface area contributed by atoms with Gasteiger partial charge in [0.05, 0.1) is 38.1 Å². The Labute approximate surface area is 129 Å². The van der Waals surface area contributed by atoms with E-state index >= 15 is 0 Å². The summed E-state index contributed by atoms with van der Waals surface area (Å²) in [6, 6.07) is 0. The van der Waals surface area contributed by atoms with E-state index in [9.17, 15) is 0 Å². The van der Waals surface area contributed by atoms with Gasteiger partial charge >= 0.3 is 0 Å². The van der Waals surface area contributed by atoms with Crippen molar-refractivity contribution in [3.63, 3.8) is 0 Å². The lowest BCUT2D eigenvalue weighted by molar-refractivity contribution is -0.0677. The van der Waals surface area contributed by atoms with Crippen LogP contribution in [0.15, 0.2) is 0 Å². The first-order valence-corrected chi connectivity index (χ1v) is 7.48. The third-order valence-corrected chi connectivity index (χ3v) is 2.65. The molecule has 0 radical (unpaired) electrons. The van der Waals surface area contributed by atoms with Crippen LogP contribution >= 0.6 is 0 Å². The number of hydrogen-bond acceptors (Lipinski definition) is 6. The predicted molar refractivity (Wildman–Crippen MR) is 82.6 cm³/mol. The third kappa shape index (κ3) is 19.8. The molecule has 130 valence electrons. The average molecular weight is 310 g/mol. The Balaban J connectivity index is 0. The molecule has 0 rings (SSSR count). The Morgan fingerprint density at radius 2 is 1.38 bits per heavy atom. The zero-order valence-corrected chi connectivity index (χ0v) is 14.2. The zero-order valence-electron chi connectivity index (χ0n) is 14.2. The number of aliphatic hydroxyl groups excluding tert-OH is 2. The Hall–Kier alpha value is -0.240. The zero-order chi connectivity index (χ0) is 16.5. The number of aliphatic hydroxyl groups is 2. The van der Waals surface area contributed by atoms with E-state index in [1.807, 2.05) is 20.8 Å². The second-order valence-corrected chi connectivity index (χ2v) is 4.94. The molecule has 3 atom stereocenters. The topological polar surface area (TPSA) is 77.4 Å². The first kappa shape index (κ1) is 23.0. The molecule has 0 bridgehead atoms. The summed E-state index contributed by atoms with van der Waals surface area (Å²) in [5.74, 6) is 0. The van der Waals surface area contributed by atoms with E-state index < -0.39 is 0 Å². The van der Waals surface area contributed by atoms with Gasteiger partial charge in [0, 0.05) is 27.4 Å². The standard InChI is InChI=1S/C10H22O4.C5H12O2/c1-8(5-11)13-7-10(3)14-6-9(2)12-4;1-7-5-3-2-4-6/h8-11H,5-7H2,1-4H3;6H,2-5H2,1H3. The van der Waals surface area contributed by atoms with Gasteiger partial charge in [-0.2, -0.15) is 0 Å². The first-order chi connectivity index (χ1) is 10.0. The summed E-state index contributed by atoms with van der Waals surface area (Å²) in [6.07, 6.45) is 1.83. The van der Waals surface area contributed by atoms with Crippen LogP contribution in [-0.2, 0) is 18.9 Å². The Kier molecular flexibility index (Phi) is 19.5. The van der Waals surface area contributed by atoms with Crippen LogP contribution in [0.3, 0.4) is 0 Å². The molecule has 0 aliphatic heterocycles. The molecule has 0 aromatic rings. The minimum Gasteiger partial charge on any atom is -0.396 e. The molecule has 0 aromatic heterocycles. The second kappa shape index (κ2) is 17.8. The highest BCUT2D eigenvalue weighted by Crippen LogP contribution is 1.98. The first-order valence-electron chi connectivity index (χ1n) is 7.48. The normalized spacial score (nSPS) is 15.0. The van der Waals surface area contributed by atoms with Crippen LogP contribution in [0.25, 0.3) is 0 Å². The van der Waals surface area contributed by atoms with Crippen LogP contribution in [0.4, 0.5) is 0 Å². The van der Waals surface area contributed by atoms with Gasteiger partial charge in [-0.25, -0.2) is 0 Å². The molecule has 3 unspecified atom stereocenters. The highest BCUT2D eigenvalue weighted by Gasteiger charge is 2.07. The van der Waals surface area contributed by atoms with Crippen LogP contribution in [0.1, 0.15) is 33.6 Å². The molecule has 6 heteroatoms. The van der Waals surface area contributed by atoms with Gasteiger partial charge in [-0.15, -0.1) is 0 Å². The maximum absolute atomic E-state index is 8.72. The van der Waals surface area contributed by atoms with Crippen LogP contribution in [0.5, 0.6) is 0 Å². The Morgan fingerprint density at radius 3 is 1.86 bits per heavy atom. The van der Waals surface area contributed by atoms with Crippen molar-refractivity contribution >= 4 is 0 Å². The van der Waals surface area contributed by atoms with E-state index in [1.165, 1.54) is 0 Å². The molecule has 0 aromatic carbocycles. The molecule has 0 aliphatic rings. The molecule has 0 saturated carbocycles. The number of hydrogen-bond donors (Lipinski definition) is 2. The minimum atomic E-state index is -0.124. The minimum absolute atomic E-state index is 0.0293. The van der Waals surface area contributed by atoms with Crippen LogP contribution < -0.4 is 0 Å². The molecule has 0 spiro atoms. The fourth-order valence-electron chi connectivity index (χ4n) is 1.13. The van der Waals surface area contributed by atoms with Gasteiger partial charge in [-0.1, -0.05) is 0 Å². The Morgan fingerprint density at radius 1 is 0.810 bits per heavy atom. The number of unbranched alkanes of at least 4 members (excludes halogenated alkanes) is 1. The van der Waals surface area contributed by atoms with E-state index in [4.69, 9.17) is 29.2 Å². The van der Waals surface area contributed by atoms with Gasteiger partial charge in [-0.05, 0) is 33.6 Å². The van der Waals surface area contributed by atoms with Gasteiger partial charge in [0.1, 0.15) is 0 Å². The van der Waals surface area contributed by atoms with Crippen molar-refractivity contribution in [3.05, 3.63) is 0 Å². The second-order valence-electron chi connectivity index (χ2n) is 4.94. The highest BCUT2D eigenvalue weighted by atomic mass is 16.6. The summed E-state index contributed by atoms with van der Waals surface area (Å²) < 4.78 is 20.5. The van der Waals surface area contributed by atoms with Crippen molar-refractivity contribution in [2.24, 2.45) is 0 Å². The van der Waals surface area contributed by atoms with Crippen molar-refractivity contribution in [3.8, 4) is 0 Å². The van der Waals surface area contributed by atoms with Crippen molar-refractivity contribution in [1.82, 2.24) is 0 Å². The fraction of sp³-hybridized carbons (Fsp3) is 1.00. The summed E-state index contributed by atoms with van der Waals surface area (Å²) >= 11 is 0. The average Bonchev–Trinajstić information content (AvgIpc) is 2.51. The number of methoxy groups -OCH3 is 2. The van der Waals surface area contributed by atoms with Crippen molar-refractivity contribution in [1.29, 1.82) is 0 Å². The summed E-state index contributed by atoms with van der Waals surface area (Å²) in [7, 11) is 3.32. The van der Waals surface area contributed by atoms with Crippen LogP contribution in [-0.4, -0.2) is 75.8 Å². The van der Waals surface area contributed by atoms with E-state index in [-0.39, 0.29) is 31.5 Å². The molecule has 0 heterocycles. The lowest BCUT2D eigenvalue weighted by Gasteiger charge is -2.18.